The van der Waals surface area contributed by atoms with Crippen LogP contribution in [0.15, 0.2) is 4.79 Å². The Kier molecular flexibility index (Phi) is 2.66. The van der Waals surface area contributed by atoms with E-state index in [0.717, 1.165) is 12.8 Å². The van der Waals surface area contributed by atoms with Gasteiger partial charge in [0, 0.05) is 18.0 Å². The molecule has 2 saturated heterocycles. The number of hydrogen-bond donors (Lipinski definition) is 2. The summed E-state index contributed by atoms with van der Waals surface area (Å²) >= 11 is 0. The van der Waals surface area contributed by atoms with Crippen LogP contribution in [0.25, 0.3) is 0 Å². The van der Waals surface area contributed by atoms with Crippen LogP contribution in [-0.2, 0) is 0 Å². The maximum atomic E-state index is 11.7. The molecule has 2 aliphatic heterocycles. The number of aromatic nitrogens is 2. The van der Waals surface area contributed by atoms with E-state index in [1.165, 1.54) is 12.8 Å². The highest BCUT2D eigenvalue weighted by molar-refractivity contribution is 5.22. The van der Waals surface area contributed by atoms with Crippen molar-refractivity contribution in [3.63, 3.8) is 0 Å². The van der Waals surface area contributed by atoms with Crippen LogP contribution in [0.5, 0.6) is 5.88 Å². The molecule has 2 unspecified atom stereocenters. The molecule has 3 heterocycles. The van der Waals surface area contributed by atoms with E-state index in [0.29, 0.717) is 23.5 Å². The summed E-state index contributed by atoms with van der Waals surface area (Å²) in [4.78, 5) is 21.1. The van der Waals surface area contributed by atoms with Gasteiger partial charge in [-0.1, -0.05) is 0 Å². The number of fused-ring (bicyclic) bond motifs is 2. The third kappa shape index (κ3) is 1.73. The first kappa shape index (κ1) is 11.7. The van der Waals surface area contributed by atoms with Crippen molar-refractivity contribution in [2.75, 3.05) is 7.05 Å². The van der Waals surface area contributed by atoms with Crippen LogP contribution in [0.3, 0.4) is 0 Å². The SMILES string of the molecule is Cc1c(O)nc(C2CC3CCC(C2)N3C)[nH]c1=O. The van der Waals surface area contributed by atoms with Crippen molar-refractivity contribution in [1.29, 1.82) is 0 Å². The number of hydrogen-bond acceptors (Lipinski definition) is 4. The van der Waals surface area contributed by atoms with Crippen molar-refractivity contribution in [3.05, 3.63) is 21.7 Å². The Balaban J connectivity index is 1.91. The van der Waals surface area contributed by atoms with Gasteiger partial charge in [0.15, 0.2) is 0 Å². The highest BCUT2D eigenvalue weighted by Crippen LogP contribution is 2.41. The summed E-state index contributed by atoms with van der Waals surface area (Å²) < 4.78 is 0. The summed E-state index contributed by atoms with van der Waals surface area (Å²) in [7, 11) is 2.18. The summed E-state index contributed by atoms with van der Waals surface area (Å²) in [5.41, 5.74) is 0.0819. The van der Waals surface area contributed by atoms with Crippen molar-refractivity contribution in [2.45, 2.75) is 50.6 Å². The van der Waals surface area contributed by atoms with E-state index in [1.807, 2.05) is 0 Å². The molecule has 0 saturated carbocycles. The molecule has 3 rings (SSSR count). The zero-order valence-electron chi connectivity index (χ0n) is 10.8. The Bertz CT molecular complexity index is 511. The third-order valence-electron chi connectivity index (χ3n) is 4.63. The first-order valence-electron chi connectivity index (χ1n) is 6.58. The van der Waals surface area contributed by atoms with Gasteiger partial charge in [-0.3, -0.25) is 4.79 Å². The predicted octanol–water partition coefficient (Wildman–Crippen LogP) is 1.12. The summed E-state index contributed by atoms with van der Waals surface area (Å²) in [6.07, 6.45) is 4.52. The predicted molar refractivity (Wildman–Crippen MR) is 67.8 cm³/mol. The van der Waals surface area contributed by atoms with Gasteiger partial charge in [0.2, 0.25) is 5.88 Å². The van der Waals surface area contributed by atoms with E-state index in [2.05, 4.69) is 21.9 Å². The molecule has 5 nitrogen and oxygen atoms in total. The fourth-order valence-electron chi connectivity index (χ4n) is 3.37. The Morgan fingerprint density at radius 3 is 2.50 bits per heavy atom. The first-order chi connectivity index (χ1) is 8.56. The molecule has 0 aromatic carbocycles. The summed E-state index contributed by atoms with van der Waals surface area (Å²) in [5.74, 6) is 0.811. The molecule has 1 aromatic heterocycles. The van der Waals surface area contributed by atoms with E-state index < -0.39 is 0 Å². The second-order valence-electron chi connectivity index (χ2n) is 5.62. The zero-order chi connectivity index (χ0) is 12.9. The number of H-pyrrole nitrogens is 1. The van der Waals surface area contributed by atoms with Crippen molar-refractivity contribution in [3.8, 4) is 5.88 Å². The highest BCUT2D eigenvalue weighted by atomic mass is 16.3. The van der Waals surface area contributed by atoms with Crippen LogP contribution < -0.4 is 5.56 Å². The molecule has 0 amide bonds. The number of nitrogens with one attached hydrogen (secondary N) is 1. The monoisotopic (exact) mass is 249 g/mol. The molecule has 2 aliphatic rings. The normalized spacial score (nSPS) is 31.8. The van der Waals surface area contributed by atoms with Crippen molar-refractivity contribution < 1.29 is 5.11 Å². The van der Waals surface area contributed by atoms with Gasteiger partial charge in [0.05, 0.1) is 5.56 Å². The molecule has 2 fully saturated rings. The van der Waals surface area contributed by atoms with Crippen molar-refractivity contribution in [1.82, 2.24) is 14.9 Å². The van der Waals surface area contributed by atoms with Crippen LogP contribution in [0.1, 0.15) is 43.0 Å². The lowest BCUT2D eigenvalue weighted by molar-refractivity contribution is 0.158. The van der Waals surface area contributed by atoms with Gasteiger partial charge >= 0.3 is 0 Å². The average molecular weight is 249 g/mol. The molecular formula is C13H19N3O2. The van der Waals surface area contributed by atoms with E-state index in [1.54, 1.807) is 6.92 Å². The van der Waals surface area contributed by atoms with Crippen LogP contribution in [0, 0.1) is 6.92 Å². The standard InChI is InChI=1S/C13H19N3O2/c1-7-12(17)14-11(15-13(7)18)8-5-9-3-4-10(6-8)16(9)2/h8-10H,3-6H2,1-2H3,(H2,14,15,17,18). The second-order valence-corrected chi connectivity index (χ2v) is 5.62. The number of nitrogens with zero attached hydrogens (tertiary/aromatic N) is 2. The lowest BCUT2D eigenvalue weighted by Gasteiger charge is -2.35. The maximum absolute atomic E-state index is 11.7. The number of aromatic amines is 1. The van der Waals surface area contributed by atoms with Gasteiger partial charge in [0.25, 0.3) is 5.56 Å². The first-order valence-corrected chi connectivity index (χ1v) is 6.58. The van der Waals surface area contributed by atoms with Gasteiger partial charge in [-0.2, -0.15) is 4.98 Å². The average Bonchev–Trinajstić information content (AvgIpc) is 2.57. The lowest BCUT2D eigenvalue weighted by atomic mass is 9.90. The molecular weight excluding hydrogens is 230 g/mol. The summed E-state index contributed by atoms with van der Waals surface area (Å²) in [6, 6.07) is 1.20. The fraction of sp³-hybridized carbons (Fsp3) is 0.692. The van der Waals surface area contributed by atoms with Gasteiger partial charge < -0.3 is 15.0 Å². The van der Waals surface area contributed by atoms with Gasteiger partial charge in [-0.15, -0.1) is 0 Å². The molecule has 2 atom stereocenters. The number of rotatable bonds is 1. The van der Waals surface area contributed by atoms with E-state index in [4.69, 9.17) is 0 Å². The Morgan fingerprint density at radius 1 is 1.33 bits per heavy atom. The Hall–Kier alpha value is -1.36. The largest absolute Gasteiger partial charge is 0.493 e. The molecule has 18 heavy (non-hydrogen) atoms. The topological polar surface area (TPSA) is 69.2 Å². The molecule has 0 radical (unpaired) electrons. The smallest absolute Gasteiger partial charge is 0.257 e. The minimum absolute atomic E-state index is 0.125. The zero-order valence-corrected chi connectivity index (χ0v) is 10.8. The van der Waals surface area contributed by atoms with E-state index >= 15 is 0 Å². The molecule has 2 bridgehead atoms. The maximum Gasteiger partial charge on any atom is 0.257 e. The molecule has 98 valence electrons. The Labute approximate surface area is 106 Å². The van der Waals surface area contributed by atoms with Gasteiger partial charge in [0.1, 0.15) is 5.82 Å². The van der Waals surface area contributed by atoms with Gasteiger partial charge in [-0.05, 0) is 39.7 Å². The van der Waals surface area contributed by atoms with Crippen LogP contribution >= 0.6 is 0 Å². The summed E-state index contributed by atoms with van der Waals surface area (Å²) in [6.45, 7) is 1.59. The van der Waals surface area contributed by atoms with E-state index in [-0.39, 0.29) is 17.4 Å². The Morgan fingerprint density at radius 2 is 1.94 bits per heavy atom. The van der Waals surface area contributed by atoms with E-state index in [9.17, 15) is 9.90 Å². The van der Waals surface area contributed by atoms with Crippen molar-refractivity contribution >= 4 is 0 Å². The molecule has 1 aromatic rings. The molecule has 0 aliphatic carbocycles. The van der Waals surface area contributed by atoms with Crippen LogP contribution in [0.2, 0.25) is 0 Å². The molecule has 0 spiro atoms. The van der Waals surface area contributed by atoms with Crippen LogP contribution in [0.4, 0.5) is 0 Å². The van der Waals surface area contributed by atoms with Gasteiger partial charge in [-0.25, -0.2) is 0 Å². The van der Waals surface area contributed by atoms with Crippen molar-refractivity contribution in [2.24, 2.45) is 0 Å². The number of piperidine rings is 1. The second kappa shape index (κ2) is 4.09. The molecule has 5 heteroatoms. The minimum atomic E-state index is -0.219. The van der Waals surface area contributed by atoms with Crippen LogP contribution in [-0.4, -0.2) is 39.1 Å². The minimum Gasteiger partial charge on any atom is -0.493 e. The third-order valence-corrected chi connectivity index (χ3v) is 4.63. The fourth-order valence-corrected chi connectivity index (χ4v) is 3.37. The highest BCUT2D eigenvalue weighted by Gasteiger charge is 2.39. The quantitative estimate of drug-likeness (QED) is 0.782. The lowest BCUT2D eigenvalue weighted by Crippen LogP contribution is -2.39. The summed E-state index contributed by atoms with van der Waals surface area (Å²) in [5, 5.41) is 9.67. The number of aromatic hydroxyl groups is 1. The molecule has 2 N–H and O–H groups in total.